The summed E-state index contributed by atoms with van der Waals surface area (Å²) < 4.78 is 5.16. The van der Waals surface area contributed by atoms with Crippen LogP contribution in [-0.4, -0.2) is 31.3 Å². The van der Waals surface area contributed by atoms with E-state index in [-0.39, 0.29) is 12.0 Å². The highest BCUT2D eigenvalue weighted by Crippen LogP contribution is 2.25. The number of ether oxygens (including phenoxy) is 1. The molecule has 0 bridgehead atoms. The second-order valence-electron chi connectivity index (χ2n) is 2.86. The number of fused-ring (bicyclic) bond motifs is 1. The number of carbonyl (C=O) groups is 1. The van der Waals surface area contributed by atoms with Crippen LogP contribution < -0.4 is 11.2 Å². The first-order chi connectivity index (χ1) is 5.29. The first-order valence-electron chi connectivity index (χ1n) is 3.57. The van der Waals surface area contributed by atoms with Crippen molar-refractivity contribution in [3.05, 3.63) is 0 Å². The Balaban J connectivity index is 2.08. The monoisotopic (exact) mass is 158 g/mol. The maximum absolute atomic E-state index is 10.8. The van der Waals surface area contributed by atoms with Crippen molar-refractivity contribution in [3.8, 4) is 0 Å². The van der Waals surface area contributed by atoms with Crippen molar-refractivity contribution in [2.75, 3.05) is 13.2 Å². The molecule has 3 atom stereocenters. The molecule has 62 valence electrons. The molecule has 2 aliphatic heterocycles. The van der Waals surface area contributed by atoms with E-state index >= 15 is 0 Å². The Bertz CT molecular complexity index is 185. The minimum absolute atomic E-state index is 0.104. The van der Waals surface area contributed by atoms with Crippen LogP contribution in [0.25, 0.3) is 0 Å². The van der Waals surface area contributed by atoms with Gasteiger partial charge in [-0.25, -0.2) is 0 Å². The number of hydrogen-bond donors (Lipinski definition) is 2. The van der Waals surface area contributed by atoms with Gasteiger partial charge in [-0.2, -0.15) is 5.48 Å². The summed E-state index contributed by atoms with van der Waals surface area (Å²) in [6, 6.07) is 0.146. The summed E-state index contributed by atoms with van der Waals surface area (Å²) in [7, 11) is 0. The Kier molecular flexibility index (Phi) is 1.56. The Morgan fingerprint density at radius 2 is 2.36 bits per heavy atom. The zero-order valence-corrected chi connectivity index (χ0v) is 5.95. The molecular formula is C6H10N2O3. The average Bonchev–Trinajstić information content (AvgIpc) is 2.41. The number of rotatable bonds is 1. The summed E-state index contributed by atoms with van der Waals surface area (Å²) in [5, 5.41) is 0. The van der Waals surface area contributed by atoms with Crippen LogP contribution in [0.15, 0.2) is 0 Å². The molecule has 0 aliphatic carbocycles. The molecule has 3 N–H and O–H groups in total. The second-order valence-corrected chi connectivity index (χ2v) is 2.86. The largest absolute Gasteiger partial charge is 0.367 e. The van der Waals surface area contributed by atoms with Crippen molar-refractivity contribution < 1.29 is 14.4 Å². The molecule has 2 fully saturated rings. The summed E-state index contributed by atoms with van der Waals surface area (Å²) >= 11 is 0. The topological polar surface area (TPSA) is 73.6 Å². The van der Waals surface area contributed by atoms with Gasteiger partial charge in [0.25, 0.3) is 0 Å². The van der Waals surface area contributed by atoms with Gasteiger partial charge >= 0.3 is 0 Å². The first-order valence-corrected chi connectivity index (χ1v) is 3.57. The zero-order chi connectivity index (χ0) is 7.84. The van der Waals surface area contributed by atoms with Crippen LogP contribution >= 0.6 is 0 Å². The van der Waals surface area contributed by atoms with Crippen LogP contribution in [0.1, 0.15) is 0 Å². The highest BCUT2D eigenvalue weighted by molar-refractivity contribution is 5.79. The maximum atomic E-state index is 10.8. The summed E-state index contributed by atoms with van der Waals surface area (Å²) in [6.45, 7) is 1.02. The molecule has 1 amide bonds. The second kappa shape index (κ2) is 2.44. The molecule has 0 spiro atoms. The van der Waals surface area contributed by atoms with Crippen LogP contribution in [-0.2, 0) is 14.4 Å². The van der Waals surface area contributed by atoms with Crippen LogP contribution in [0, 0.1) is 5.92 Å². The van der Waals surface area contributed by atoms with Gasteiger partial charge in [-0.3, -0.25) is 4.79 Å². The Morgan fingerprint density at radius 3 is 3.09 bits per heavy atom. The SMILES string of the molecule is NC(=O)C1OCC2NOCC21. The molecule has 5 heteroatoms. The van der Waals surface area contributed by atoms with Gasteiger partial charge in [0.15, 0.2) is 0 Å². The van der Waals surface area contributed by atoms with Gasteiger partial charge in [0.2, 0.25) is 5.91 Å². The van der Waals surface area contributed by atoms with Crippen LogP contribution in [0.2, 0.25) is 0 Å². The van der Waals surface area contributed by atoms with E-state index in [0.717, 1.165) is 0 Å². The third kappa shape index (κ3) is 1.01. The molecule has 0 aromatic rings. The summed E-state index contributed by atoms with van der Waals surface area (Å²) in [6.07, 6.45) is -0.463. The summed E-state index contributed by atoms with van der Waals surface area (Å²) in [4.78, 5) is 15.7. The lowest BCUT2D eigenvalue weighted by Gasteiger charge is -2.09. The van der Waals surface area contributed by atoms with Gasteiger partial charge in [0, 0.05) is 5.92 Å². The molecule has 0 aromatic heterocycles. The Labute approximate surface area is 63.8 Å². The van der Waals surface area contributed by atoms with Crippen LogP contribution in [0.4, 0.5) is 0 Å². The minimum atomic E-state index is -0.463. The third-order valence-electron chi connectivity index (χ3n) is 2.15. The van der Waals surface area contributed by atoms with E-state index in [0.29, 0.717) is 13.2 Å². The highest BCUT2D eigenvalue weighted by Gasteiger charge is 2.44. The van der Waals surface area contributed by atoms with E-state index in [1.54, 1.807) is 0 Å². The number of primary amides is 1. The predicted octanol–water partition coefficient (Wildman–Crippen LogP) is -1.61. The van der Waals surface area contributed by atoms with Gasteiger partial charge in [0.1, 0.15) is 6.10 Å². The summed E-state index contributed by atoms with van der Waals surface area (Å²) in [5.74, 6) is -0.294. The fourth-order valence-corrected chi connectivity index (χ4v) is 1.53. The molecule has 0 radical (unpaired) electrons. The van der Waals surface area contributed by atoms with E-state index in [1.165, 1.54) is 0 Å². The van der Waals surface area contributed by atoms with E-state index in [2.05, 4.69) is 5.48 Å². The predicted molar refractivity (Wildman–Crippen MR) is 35.3 cm³/mol. The van der Waals surface area contributed by atoms with Crippen molar-refractivity contribution in [2.24, 2.45) is 11.7 Å². The van der Waals surface area contributed by atoms with Gasteiger partial charge in [-0.15, -0.1) is 0 Å². The van der Waals surface area contributed by atoms with E-state index in [4.69, 9.17) is 15.3 Å². The summed E-state index contributed by atoms with van der Waals surface area (Å²) in [5.41, 5.74) is 7.88. The van der Waals surface area contributed by atoms with Crippen molar-refractivity contribution >= 4 is 5.91 Å². The number of amides is 1. The lowest BCUT2D eigenvalue weighted by Crippen LogP contribution is -2.36. The number of hydrogen-bond acceptors (Lipinski definition) is 4. The lowest BCUT2D eigenvalue weighted by atomic mass is 9.99. The van der Waals surface area contributed by atoms with E-state index in [9.17, 15) is 4.79 Å². The van der Waals surface area contributed by atoms with Crippen LogP contribution in [0.5, 0.6) is 0 Å². The average molecular weight is 158 g/mol. The van der Waals surface area contributed by atoms with E-state index in [1.807, 2.05) is 0 Å². The fraction of sp³-hybridized carbons (Fsp3) is 0.833. The van der Waals surface area contributed by atoms with Crippen molar-refractivity contribution in [1.82, 2.24) is 5.48 Å². The Morgan fingerprint density at radius 1 is 1.55 bits per heavy atom. The van der Waals surface area contributed by atoms with E-state index < -0.39 is 12.0 Å². The molecule has 2 heterocycles. The lowest BCUT2D eigenvalue weighted by molar-refractivity contribution is -0.129. The number of nitrogens with two attached hydrogens (primary N) is 1. The minimum Gasteiger partial charge on any atom is -0.367 e. The maximum Gasteiger partial charge on any atom is 0.247 e. The number of hydroxylamine groups is 1. The van der Waals surface area contributed by atoms with Crippen molar-refractivity contribution in [1.29, 1.82) is 0 Å². The molecular weight excluding hydrogens is 148 g/mol. The van der Waals surface area contributed by atoms with Crippen molar-refractivity contribution in [3.63, 3.8) is 0 Å². The van der Waals surface area contributed by atoms with Crippen molar-refractivity contribution in [2.45, 2.75) is 12.1 Å². The van der Waals surface area contributed by atoms with Crippen LogP contribution in [0.3, 0.4) is 0 Å². The molecule has 5 nitrogen and oxygen atoms in total. The fourth-order valence-electron chi connectivity index (χ4n) is 1.53. The van der Waals surface area contributed by atoms with Gasteiger partial charge < -0.3 is 15.3 Å². The first kappa shape index (κ1) is 7.02. The quantitative estimate of drug-likeness (QED) is 0.481. The number of carbonyl (C=O) groups excluding carboxylic acids is 1. The molecule has 0 aromatic carbocycles. The zero-order valence-electron chi connectivity index (χ0n) is 5.95. The number of nitrogens with one attached hydrogen (secondary N) is 1. The van der Waals surface area contributed by atoms with Gasteiger partial charge in [-0.1, -0.05) is 0 Å². The molecule has 2 rings (SSSR count). The molecule has 2 saturated heterocycles. The smallest absolute Gasteiger partial charge is 0.247 e. The molecule has 2 aliphatic rings. The highest BCUT2D eigenvalue weighted by atomic mass is 16.7. The van der Waals surface area contributed by atoms with Gasteiger partial charge in [0.05, 0.1) is 19.3 Å². The Hall–Kier alpha value is -0.650. The normalized spacial score (nSPS) is 42.4. The molecule has 11 heavy (non-hydrogen) atoms. The molecule has 0 saturated carbocycles. The van der Waals surface area contributed by atoms with Gasteiger partial charge in [-0.05, 0) is 0 Å². The third-order valence-corrected chi connectivity index (χ3v) is 2.15. The molecule has 3 unspecified atom stereocenters. The standard InChI is InChI=1S/C6H10N2O3/c7-6(9)5-3-1-11-8-4(3)2-10-5/h3-5,8H,1-2H2,(H2,7,9).